The molecule has 1 fully saturated rings. The van der Waals surface area contributed by atoms with Gasteiger partial charge in [-0.1, -0.05) is 22.0 Å². The van der Waals surface area contributed by atoms with Crippen LogP contribution in [-0.2, 0) is 5.41 Å². The van der Waals surface area contributed by atoms with E-state index in [2.05, 4.69) is 28.1 Å². The highest BCUT2D eigenvalue weighted by Crippen LogP contribution is 2.51. The Kier molecular flexibility index (Phi) is 1.78. The lowest BCUT2D eigenvalue weighted by atomic mass is 9.98. The second-order valence-corrected chi connectivity index (χ2v) is 4.54. The molecule has 0 N–H and O–H groups in total. The SMILES string of the molecule is BrCC1(c2ccc3c(c2)OCO3)CC1. The summed E-state index contributed by atoms with van der Waals surface area (Å²) in [5, 5.41) is 1.04. The van der Waals surface area contributed by atoms with Gasteiger partial charge in [0.05, 0.1) is 0 Å². The smallest absolute Gasteiger partial charge is 0.231 e. The Morgan fingerprint density at radius 1 is 1.21 bits per heavy atom. The number of hydrogen-bond donors (Lipinski definition) is 0. The summed E-state index contributed by atoms with van der Waals surface area (Å²) in [6.07, 6.45) is 2.55. The van der Waals surface area contributed by atoms with Crippen LogP contribution in [0.3, 0.4) is 0 Å². The lowest BCUT2D eigenvalue weighted by Crippen LogP contribution is -2.07. The highest BCUT2D eigenvalue weighted by Gasteiger charge is 2.43. The third-order valence-electron chi connectivity index (χ3n) is 3.09. The molecule has 3 heteroatoms. The largest absolute Gasteiger partial charge is 0.454 e. The molecule has 1 aliphatic heterocycles. The molecule has 2 aliphatic rings. The molecule has 1 aromatic rings. The number of rotatable bonds is 2. The fraction of sp³-hybridized carbons (Fsp3) is 0.455. The van der Waals surface area contributed by atoms with Crippen molar-refractivity contribution in [2.45, 2.75) is 18.3 Å². The standard InChI is InChI=1S/C11H11BrO2/c12-6-11(3-4-11)8-1-2-9-10(5-8)14-7-13-9/h1-2,5H,3-4,6-7H2. The molecule has 0 spiro atoms. The Hall–Kier alpha value is -0.700. The number of hydrogen-bond acceptors (Lipinski definition) is 2. The summed E-state index contributed by atoms with van der Waals surface area (Å²) in [5.74, 6) is 1.77. The van der Waals surface area contributed by atoms with Gasteiger partial charge in [0.25, 0.3) is 0 Å². The van der Waals surface area contributed by atoms with Crippen LogP contribution in [0.5, 0.6) is 11.5 Å². The van der Waals surface area contributed by atoms with E-state index < -0.39 is 0 Å². The van der Waals surface area contributed by atoms with Gasteiger partial charge in [-0.25, -0.2) is 0 Å². The molecule has 0 atom stereocenters. The Bertz CT molecular complexity index is 372. The minimum absolute atomic E-state index is 0.361. The molecule has 0 amide bonds. The van der Waals surface area contributed by atoms with E-state index in [1.807, 2.05) is 6.07 Å². The zero-order valence-electron chi connectivity index (χ0n) is 7.75. The van der Waals surface area contributed by atoms with Gasteiger partial charge in [-0.05, 0) is 30.5 Å². The molecule has 0 aromatic heterocycles. The minimum Gasteiger partial charge on any atom is -0.454 e. The summed E-state index contributed by atoms with van der Waals surface area (Å²) in [6, 6.07) is 6.29. The molecule has 0 saturated heterocycles. The van der Waals surface area contributed by atoms with Crippen molar-refractivity contribution in [2.75, 3.05) is 12.1 Å². The molecule has 74 valence electrons. The molecular formula is C11H11BrO2. The molecule has 1 aromatic carbocycles. The van der Waals surface area contributed by atoms with Crippen LogP contribution in [0.1, 0.15) is 18.4 Å². The fourth-order valence-electron chi connectivity index (χ4n) is 1.88. The maximum Gasteiger partial charge on any atom is 0.231 e. The fourth-order valence-corrected chi connectivity index (χ4v) is 2.76. The molecule has 0 unspecified atom stereocenters. The second kappa shape index (κ2) is 2.89. The van der Waals surface area contributed by atoms with Crippen LogP contribution in [0.2, 0.25) is 0 Å². The van der Waals surface area contributed by atoms with E-state index in [0.717, 1.165) is 16.8 Å². The molecular weight excluding hydrogens is 244 g/mol. The maximum absolute atomic E-state index is 5.37. The highest BCUT2D eigenvalue weighted by atomic mass is 79.9. The number of fused-ring (bicyclic) bond motifs is 1. The van der Waals surface area contributed by atoms with Crippen LogP contribution in [0.4, 0.5) is 0 Å². The van der Waals surface area contributed by atoms with Gasteiger partial charge in [-0.2, -0.15) is 0 Å². The van der Waals surface area contributed by atoms with Gasteiger partial charge in [0, 0.05) is 10.7 Å². The van der Waals surface area contributed by atoms with Crippen LogP contribution < -0.4 is 9.47 Å². The lowest BCUT2D eigenvalue weighted by molar-refractivity contribution is 0.174. The van der Waals surface area contributed by atoms with Gasteiger partial charge >= 0.3 is 0 Å². The first-order chi connectivity index (χ1) is 6.84. The summed E-state index contributed by atoms with van der Waals surface area (Å²) in [4.78, 5) is 0. The van der Waals surface area contributed by atoms with Gasteiger partial charge in [0.15, 0.2) is 11.5 Å². The summed E-state index contributed by atoms with van der Waals surface area (Å²) in [5.41, 5.74) is 1.75. The minimum atomic E-state index is 0.361. The molecule has 14 heavy (non-hydrogen) atoms. The Labute approximate surface area is 91.3 Å². The molecule has 3 rings (SSSR count). The molecule has 2 nitrogen and oxygen atoms in total. The summed E-state index contributed by atoms with van der Waals surface area (Å²) in [7, 11) is 0. The van der Waals surface area contributed by atoms with Gasteiger partial charge in [0.1, 0.15) is 0 Å². The summed E-state index contributed by atoms with van der Waals surface area (Å²) < 4.78 is 10.7. The normalized spacial score (nSPS) is 20.9. The highest BCUT2D eigenvalue weighted by molar-refractivity contribution is 9.09. The van der Waals surface area contributed by atoms with Crippen molar-refractivity contribution in [3.05, 3.63) is 23.8 Å². The molecule has 0 bridgehead atoms. The summed E-state index contributed by atoms with van der Waals surface area (Å²) >= 11 is 3.58. The Morgan fingerprint density at radius 3 is 2.71 bits per heavy atom. The topological polar surface area (TPSA) is 18.5 Å². The van der Waals surface area contributed by atoms with Crippen molar-refractivity contribution in [1.29, 1.82) is 0 Å². The van der Waals surface area contributed by atoms with Crippen molar-refractivity contribution in [2.24, 2.45) is 0 Å². The van der Waals surface area contributed by atoms with Gasteiger partial charge < -0.3 is 9.47 Å². The van der Waals surface area contributed by atoms with Crippen LogP contribution in [-0.4, -0.2) is 12.1 Å². The number of ether oxygens (including phenoxy) is 2. The monoisotopic (exact) mass is 254 g/mol. The second-order valence-electron chi connectivity index (χ2n) is 3.98. The van der Waals surface area contributed by atoms with Crippen molar-refractivity contribution in [3.63, 3.8) is 0 Å². The average molecular weight is 255 g/mol. The van der Waals surface area contributed by atoms with Gasteiger partial charge in [0.2, 0.25) is 6.79 Å². The maximum atomic E-state index is 5.37. The van der Waals surface area contributed by atoms with E-state index in [9.17, 15) is 0 Å². The molecule has 1 heterocycles. The molecule has 0 radical (unpaired) electrons. The first kappa shape index (κ1) is 8.60. The first-order valence-electron chi connectivity index (χ1n) is 4.80. The molecule has 1 aliphatic carbocycles. The van der Waals surface area contributed by atoms with Crippen LogP contribution in [0.25, 0.3) is 0 Å². The number of alkyl halides is 1. The zero-order chi connectivity index (χ0) is 9.60. The van der Waals surface area contributed by atoms with Crippen molar-refractivity contribution in [1.82, 2.24) is 0 Å². The molecule has 1 saturated carbocycles. The van der Waals surface area contributed by atoms with Crippen molar-refractivity contribution < 1.29 is 9.47 Å². The third-order valence-corrected chi connectivity index (χ3v) is 4.17. The van der Waals surface area contributed by atoms with Crippen LogP contribution in [0, 0.1) is 0 Å². The third kappa shape index (κ3) is 1.15. The predicted molar refractivity (Wildman–Crippen MR) is 57.3 cm³/mol. The number of benzene rings is 1. The quantitative estimate of drug-likeness (QED) is 0.756. The Morgan fingerprint density at radius 2 is 2.00 bits per heavy atom. The van der Waals surface area contributed by atoms with E-state index in [1.54, 1.807) is 0 Å². The first-order valence-corrected chi connectivity index (χ1v) is 5.92. The van der Waals surface area contributed by atoms with E-state index in [0.29, 0.717) is 12.2 Å². The van der Waals surface area contributed by atoms with E-state index in [1.165, 1.54) is 18.4 Å². The number of halogens is 1. The van der Waals surface area contributed by atoms with E-state index in [-0.39, 0.29) is 0 Å². The van der Waals surface area contributed by atoms with Crippen molar-refractivity contribution >= 4 is 15.9 Å². The van der Waals surface area contributed by atoms with E-state index in [4.69, 9.17) is 9.47 Å². The van der Waals surface area contributed by atoms with Crippen molar-refractivity contribution in [3.8, 4) is 11.5 Å². The summed E-state index contributed by atoms with van der Waals surface area (Å²) in [6.45, 7) is 0.361. The Balaban J connectivity index is 2.00. The van der Waals surface area contributed by atoms with Gasteiger partial charge in [-0.15, -0.1) is 0 Å². The van der Waals surface area contributed by atoms with Crippen LogP contribution in [0.15, 0.2) is 18.2 Å². The van der Waals surface area contributed by atoms with E-state index >= 15 is 0 Å². The predicted octanol–water partition coefficient (Wildman–Crippen LogP) is 2.84. The lowest BCUT2D eigenvalue weighted by Gasteiger charge is -2.11. The average Bonchev–Trinajstić information content (AvgIpc) is 2.89. The van der Waals surface area contributed by atoms with Crippen LogP contribution >= 0.6 is 15.9 Å². The zero-order valence-corrected chi connectivity index (χ0v) is 9.34. The van der Waals surface area contributed by atoms with Gasteiger partial charge in [-0.3, -0.25) is 0 Å².